The molecule has 0 aliphatic carbocycles. The molecule has 26 heavy (non-hydrogen) atoms. The summed E-state index contributed by atoms with van der Waals surface area (Å²) in [7, 11) is 0. The smallest absolute Gasteiger partial charge is 0.307 e. The first kappa shape index (κ1) is 16.5. The zero-order chi connectivity index (χ0) is 17.9. The van der Waals surface area contributed by atoms with Crippen molar-refractivity contribution in [3.05, 3.63) is 54.4 Å². The Kier molecular flexibility index (Phi) is 4.49. The molecule has 1 atom stereocenters. The number of benzene rings is 1. The molecule has 2 aromatic heterocycles. The van der Waals surface area contributed by atoms with Gasteiger partial charge in [0.2, 0.25) is 11.7 Å². The summed E-state index contributed by atoms with van der Waals surface area (Å²) >= 11 is 1.36. The maximum absolute atomic E-state index is 12.1. The number of aromatic nitrogens is 1. The Morgan fingerprint density at radius 1 is 1.23 bits per heavy atom. The van der Waals surface area contributed by atoms with E-state index in [9.17, 15) is 9.59 Å². The molecule has 0 saturated heterocycles. The summed E-state index contributed by atoms with van der Waals surface area (Å²) in [5, 5.41) is 6.12. The van der Waals surface area contributed by atoms with Crippen molar-refractivity contribution in [2.24, 2.45) is 0 Å². The van der Waals surface area contributed by atoms with Crippen LogP contribution in [-0.2, 0) is 20.9 Å². The molecule has 0 unspecified atom stereocenters. The molecule has 1 N–H and O–H groups in total. The van der Waals surface area contributed by atoms with E-state index in [4.69, 9.17) is 13.7 Å². The quantitative estimate of drug-likeness (QED) is 0.687. The molecule has 8 heteroatoms. The summed E-state index contributed by atoms with van der Waals surface area (Å²) in [5.74, 6) is 0.329. The number of esters is 1. The van der Waals surface area contributed by atoms with E-state index in [2.05, 4.69) is 10.5 Å². The van der Waals surface area contributed by atoms with Crippen molar-refractivity contribution in [1.29, 1.82) is 0 Å². The molecule has 0 saturated carbocycles. The monoisotopic (exact) mass is 370 g/mol. The maximum atomic E-state index is 12.1. The molecule has 3 heterocycles. The van der Waals surface area contributed by atoms with Crippen LogP contribution in [-0.4, -0.2) is 22.3 Å². The van der Waals surface area contributed by atoms with Crippen molar-refractivity contribution in [3.63, 3.8) is 0 Å². The Balaban J connectivity index is 1.33. The minimum Gasteiger partial charge on any atom is -0.461 e. The number of hydrogen-bond donors (Lipinski definition) is 1. The Hall–Kier alpha value is -3.00. The van der Waals surface area contributed by atoms with Crippen LogP contribution in [0.15, 0.2) is 62.6 Å². The molecule has 1 aliphatic heterocycles. The number of ether oxygens (including phenoxy) is 1. The molecule has 0 radical (unpaired) electrons. The first-order valence-corrected chi connectivity index (χ1v) is 8.78. The van der Waals surface area contributed by atoms with Gasteiger partial charge in [-0.1, -0.05) is 17.3 Å². The van der Waals surface area contributed by atoms with Crippen molar-refractivity contribution in [2.45, 2.75) is 23.2 Å². The number of anilines is 1. The maximum Gasteiger partial charge on any atom is 0.307 e. The number of nitrogens with zero attached hydrogens (tertiary/aromatic N) is 1. The predicted octanol–water partition coefficient (Wildman–Crippen LogP) is 3.48. The van der Waals surface area contributed by atoms with Gasteiger partial charge in [-0.25, -0.2) is 0 Å². The number of hydrogen-bond acceptors (Lipinski definition) is 7. The Morgan fingerprint density at radius 3 is 2.96 bits per heavy atom. The van der Waals surface area contributed by atoms with Crippen LogP contribution in [0.3, 0.4) is 0 Å². The van der Waals surface area contributed by atoms with Crippen LogP contribution in [0.2, 0.25) is 0 Å². The van der Waals surface area contributed by atoms with Crippen molar-refractivity contribution in [1.82, 2.24) is 5.16 Å². The van der Waals surface area contributed by atoms with Crippen LogP contribution >= 0.6 is 11.8 Å². The number of nitrogens with one attached hydrogen (secondary N) is 1. The Morgan fingerprint density at radius 2 is 2.12 bits per heavy atom. The number of furan rings is 1. The van der Waals surface area contributed by atoms with Crippen LogP contribution in [0, 0.1) is 0 Å². The van der Waals surface area contributed by atoms with E-state index in [0.29, 0.717) is 17.2 Å². The fraction of sp³-hybridized carbons (Fsp3) is 0.167. The molecule has 3 aromatic rings. The van der Waals surface area contributed by atoms with Crippen LogP contribution in [0.4, 0.5) is 5.69 Å². The summed E-state index contributed by atoms with van der Waals surface area (Å²) in [5.41, 5.74) is 1.23. The molecular formula is C18H14N2O5S. The van der Waals surface area contributed by atoms with Gasteiger partial charge < -0.3 is 19.0 Å². The number of carbonyl (C=O) groups excluding carboxylic acids is 2. The molecule has 7 nitrogen and oxygen atoms in total. The third-order valence-corrected chi connectivity index (χ3v) is 5.04. The fourth-order valence-electron chi connectivity index (χ4n) is 2.51. The third kappa shape index (κ3) is 3.50. The van der Waals surface area contributed by atoms with Crippen molar-refractivity contribution in [2.75, 3.05) is 5.32 Å². The zero-order valence-corrected chi connectivity index (χ0v) is 14.3. The third-order valence-electron chi connectivity index (χ3n) is 3.76. The second kappa shape index (κ2) is 7.09. The van der Waals surface area contributed by atoms with Crippen LogP contribution in [0.1, 0.15) is 12.1 Å². The summed E-state index contributed by atoms with van der Waals surface area (Å²) in [4.78, 5) is 25.1. The second-order valence-corrected chi connectivity index (χ2v) is 6.86. The number of carbonyl (C=O) groups is 2. The molecule has 1 amide bonds. The average Bonchev–Trinajstić information content (AvgIpc) is 3.32. The van der Waals surface area contributed by atoms with E-state index in [1.807, 2.05) is 24.3 Å². The van der Waals surface area contributed by atoms with E-state index in [0.717, 1.165) is 10.6 Å². The standard InChI is InChI=1S/C18H14N2O5S/c21-17(9-16-18(22)19-12-4-1-2-6-15(12)26-16)24-10-11-8-14(25-20-11)13-5-3-7-23-13/h1-8,16H,9-10H2,(H,19,22)/t16-/m0/s1. The first-order chi connectivity index (χ1) is 12.7. The summed E-state index contributed by atoms with van der Waals surface area (Å²) in [6.07, 6.45) is 1.51. The van der Waals surface area contributed by atoms with Crippen LogP contribution < -0.4 is 5.32 Å². The summed E-state index contributed by atoms with van der Waals surface area (Å²) in [6, 6.07) is 12.6. The highest BCUT2D eigenvalue weighted by atomic mass is 32.2. The van der Waals surface area contributed by atoms with E-state index in [1.54, 1.807) is 18.2 Å². The van der Waals surface area contributed by atoms with Crippen LogP contribution in [0.25, 0.3) is 11.5 Å². The van der Waals surface area contributed by atoms with Gasteiger partial charge in [0.05, 0.1) is 23.6 Å². The van der Waals surface area contributed by atoms with Crippen molar-refractivity contribution >= 4 is 29.3 Å². The largest absolute Gasteiger partial charge is 0.461 e. The summed E-state index contributed by atoms with van der Waals surface area (Å²) in [6.45, 7) is -0.0291. The highest BCUT2D eigenvalue weighted by Gasteiger charge is 2.29. The Labute approximate surface area is 152 Å². The van der Waals surface area contributed by atoms with Gasteiger partial charge in [0.1, 0.15) is 12.3 Å². The minimum atomic E-state index is -0.520. The molecule has 1 aromatic carbocycles. The number of fused-ring (bicyclic) bond motifs is 1. The lowest BCUT2D eigenvalue weighted by Gasteiger charge is -2.23. The molecule has 0 bridgehead atoms. The SMILES string of the molecule is O=C(C[C@@H]1Sc2ccccc2NC1=O)OCc1cc(-c2ccco2)on1. The van der Waals surface area contributed by atoms with Gasteiger partial charge in [0.25, 0.3) is 0 Å². The summed E-state index contributed by atoms with van der Waals surface area (Å²) < 4.78 is 15.6. The lowest BCUT2D eigenvalue weighted by molar-refractivity contribution is -0.145. The van der Waals surface area contributed by atoms with Gasteiger partial charge in [-0.15, -0.1) is 11.8 Å². The highest BCUT2D eigenvalue weighted by molar-refractivity contribution is 8.01. The normalized spacial score (nSPS) is 16.0. The first-order valence-electron chi connectivity index (χ1n) is 7.91. The minimum absolute atomic E-state index is 0.0201. The highest BCUT2D eigenvalue weighted by Crippen LogP contribution is 2.36. The second-order valence-electron chi connectivity index (χ2n) is 5.62. The van der Waals surface area contributed by atoms with E-state index >= 15 is 0 Å². The van der Waals surface area contributed by atoms with E-state index in [1.165, 1.54) is 18.0 Å². The van der Waals surface area contributed by atoms with Gasteiger partial charge in [0.15, 0.2) is 5.76 Å². The van der Waals surface area contributed by atoms with Crippen molar-refractivity contribution in [3.8, 4) is 11.5 Å². The fourth-order valence-corrected chi connectivity index (χ4v) is 3.60. The lowest BCUT2D eigenvalue weighted by atomic mass is 10.2. The molecule has 0 fully saturated rings. The molecular weight excluding hydrogens is 356 g/mol. The van der Waals surface area contributed by atoms with E-state index in [-0.39, 0.29) is 18.9 Å². The zero-order valence-electron chi connectivity index (χ0n) is 13.5. The molecule has 4 rings (SSSR count). The molecule has 0 spiro atoms. The lowest BCUT2D eigenvalue weighted by Crippen LogP contribution is -2.31. The topological polar surface area (TPSA) is 94.6 Å². The molecule has 1 aliphatic rings. The number of para-hydroxylation sites is 1. The van der Waals surface area contributed by atoms with Crippen LogP contribution in [0.5, 0.6) is 0 Å². The number of rotatable bonds is 5. The number of thioether (sulfide) groups is 1. The molecule has 132 valence electrons. The van der Waals surface area contributed by atoms with Gasteiger partial charge in [0, 0.05) is 11.0 Å². The van der Waals surface area contributed by atoms with Gasteiger partial charge >= 0.3 is 5.97 Å². The average molecular weight is 370 g/mol. The van der Waals surface area contributed by atoms with Gasteiger partial charge in [-0.3, -0.25) is 9.59 Å². The Bertz CT molecular complexity index is 935. The van der Waals surface area contributed by atoms with E-state index < -0.39 is 11.2 Å². The number of amides is 1. The van der Waals surface area contributed by atoms with Gasteiger partial charge in [-0.05, 0) is 24.3 Å². The van der Waals surface area contributed by atoms with Gasteiger partial charge in [-0.2, -0.15) is 0 Å². The predicted molar refractivity (Wildman–Crippen MR) is 93.3 cm³/mol. The van der Waals surface area contributed by atoms with Crippen molar-refractivity contribution < 1.29 is 23.3 Å².